The van der Waals surface area contributed by atoms with Crippen molar-refractivity contribution in [1.82, 2.24) is 0 Å². The van der Waals surface area contributed by atoms with Gasteiger partial charge in [0.25, 0.3) is 0 Å². The predicted octanol–water partition coefficient (Wildman–Crippen LogP) is 5.63. The van der Waals surface area contributed by atoms with Crippen LogP contribution in [-0.4, -0.2) is 13.1 Å². The number of benzene rings is 3. The lowest BCUT2D eigenvalue weighted by Crippen LogP contribution is -2.07. The third-order valence-electron chi connectivity index (χ3n) is 3.97. The first-order valence-corrected chi connectivity index (χ1v) is 8.86. The number of hydrogen-bond acceptors (Lipinski definition) is 3. The Hall–Kier alpha value is -3.04. The number of carbonyl (C=O) groups excluding carboxylic acids is 1. The summed E-state index contributed by atoms with van der Waals surface area (Å²) in [7, 11) is 1.61. The van der Waals surface area contributed by atoms with Crippen LogP contribution in [-0.2, 0) is 16.1 Å². The maximum atomic E-state index is 12.8. The second-order valence-corrected chi connectivity index (χ2v) is 6.34. The lowest BCUT2D eigenvalue weighted by molar-refractivity contribution is -0.137. The van der Waals surface area contributed by atoms with Gasteiger partial charge in [0, 0.05) is 5.02 Å². The van der Waals surface area contributed by atoms with Crippen LogP contribution in [0.4, 0.5) is 0 Å². The minimum Gasteiger partial charge on any atom is -0.497 e. The van der Waals surface area contributed by atoms with E-state index in [2.05, 4.69) is 0 Å². The molecule has 0 unspecified atom stereocenters. The molecule has 0 bridgehead atoms. The van der Waals surface area contributed by atoms with Gasteiger partial charge in [-0.15, -0.1) is 0 Å². The van der Waals surface area contributed by atoms with E-state index in [0.717, 1.165) is 22.4 Å². The van der Waals surface area contributed by atoms with Gasteiger partial charge in [-0.1, -0.05) is 66.2 Å². The van der Waals surface area contributed by atoms with Crippen LogP contribution >= 0.6 is 11.6 Å². The van der Waals surface area contributed by atoms with E-state index in [0.29, 0.717) is 10.6 Å². The molecule has 0 radical (unpaired) electrons. The molecule has 0 amide bonds. The van der Waals surface area contributed by atoms with Crippen LogP contribution in [0.3, 0.4) is 0 Å². The largest absolute Gasteiger partial charge is 0.497 e. The standard InChI is InChI=1S/C23H19ClO3/c1-26-21-12-6-7-17(14-21)15-22(19-9-3-2-4-10-19)23(25)27-16-18-8-5-11-20(24)13-18/h2-15H,16H2,1H3. The first kappa shape index (κ1) is 18.7. The quantitative estimate of drug-likeness (QED) is 0.316. The molecule has 0 aliphatic rings. The number of esters is 1. The van der Waals surface area contributed by atoms with Crippen LogP contribution in [0.1, 0.15) is 16.7 Å². The van der Waals surface area contributed by atoms with E-state index in [1.165, 1.54) is 0 Å². The predicted molar refractivity (Wildman–Crippen MR) is 109 cm³/mol. The van der Waals surface area contributed by atoms with Crippen LogP contribution in [0.2, 0.25) is 5.02 Å². The van der Waals surface area contributed by atoms with Gasteiger partial charge in [-0.05, 0) is 47.0 Å². The highest BCUT2D eigenvalue weighted by atomic mass is 35.5. The monoisotopic (exact) mass is 378 g/mol. The van der Waals surface area contributed by atoms with E-state index in [1.54, 1.807) is 25.3 Å². The molecule has 0 atom stereocenters. The summed E-state index contributed by atoms with van der Waals surface area (Å²) in [6, 6.07) is 24.2. The van der Waals surface area contributed by atoms with Crippen molar-refractivity contribution in [3.8, 4) is 5.75 Å². The molecule has 3 aromatic carbocycles. The van der Waals surface area contributed by atoms with Crippen LogP contribution in [0.15, 0.2) is 78.9 Å². The Labute approximate surface area is 163 Å². The highest BCUT2D eigenvalue weighted by Gasteiger charge is 2.14. The summed E-state index contributed by atoms with van der Waals surface area (Å²) in [6.45, 7) is 0.154. The fraction of sp³-hybridized carbons (Fsp3) is 0.0870. The molecule has 0 aliphatic carbocycles. The summed E-state index contributed by atoms with van der Waals surface area (Å²) in [6.07, 6.45) is 1.80. The third-order valence-corrected chi connectivity index (χ3v) is 4.20. The van der Waals surface area contributed by atoms with Crippen molar-refractivity contribution >= 4 is 29.2 Å². The molecule has 4 heteroatoms. The van der Waals surface area contributed by atoms with E-state index >= 15 is 0 Å². The second kappa shape index (κ2) is 9.06. The molecular formula is C23H19ClO3. The maximum absolute atomic E-state index is 12.8. The molecule has 3 aromatic rings. The molecule has 0 saturated heterocycles. The van der Waals surface area contributed by atoms with Gasteiger partial charge in [0.15, 0.2) is 0 Å². The van der Waals surface area contributed by atoms with Crippen molar-refractivity contribution in [3.63, 3.8) is 0 Å². The van der Waals surface area contributed by atoms with Crippen LogP contribution in [0.5, 0.6) is 5.75 Å². The molecule has 136 valence electrons. The number of hydrogen-bond donors (Lipinski definition) is 0. The zero-order valence-corrected chi connectivity index (χ0v) is 15.6. The summed E-state index contributed by atoms with van der Waals surface area (Å²) in [5.74, 6) is 0.326. The first-order chi connectivity index (χ1) is 13.2. The second-order valence-electron chi connectivity index (χ2n) is 5.91. The van der Waals surface area contributed by atoms with Gasteiger partial charge in [-0.2, -0.15) is 0 Å². The summed E-state index contributed by atoms with van der Waals surface area (Å²) in [5, 5.41) is 0.610. The Balaban J connectivity index is 1.87. The third kappa shape index (κ3) is 5.22. The van der Waals surface area contributed by atoms with Gasteiger partial charge in [0.2, 0.25) is 0 Å². The summed E-state index contributed by atoms with van der Waals surface area (Å²) in [5.41, 5.74) is 2.96. The number of methoxy groups -OCH3 is 1. The molecule has 0 N–H and O–H groups in total. The Morgan fingerprint density at radius 2 is 1.74 bits per heavy atom. The van der Waals surface area contributed by atoms with Gasteiger partial charge in [-0.3, -0.25) is 0 Å². The normalized spacial score (nSPS) is 11.1. The lowest BCUT2D eigenvalue weighted by atomic mass is 10.0. The first-order valence-electron chi connectivity index (χ1n) is 8.48. The van der Waals surface area contributed by atoms with Crippen molar-refractivity contribution in [2.75, 3.05) is 7.11 Å². The van der Waals surface area contributed by atoms with E-state index in [-0.39, 0.29) is 6.61 Å². The Morgan fingerprint density at radius 1 is 0.963 bits per heavy atom. The summed E-state index contributed by atoms with van der Waals surface area (Å²) < 4.78 is 10.8. The fourth-order valence-electron chi connectivity index (χ4n) is 2.63. The molecule has 3 nitrogen and oxygen atoms in total. The topological polar surface area (TPSA) is 35.5 Å². The van der Waals surface area contributed by atoms with Crippen LogP contribution in [0.25, 0.3) is 11.6 Å². The molecule has 0 spiro atoms. The maximum Gasteiger partial charge on any atom is 0.339 e. The van der Waals surface area contributed by atoms with Gasteiger partial charge in [-0.25, -0.2) is 4.79 Å². The molecule has 0 heterocycles. The highest BCUT2D eigenvalue weighted by Crippen LogP contribution is 2.23. The Bertz CT molecular complexity index is 949. The van der Waals surface area contributed by atoms with Crippen LogP contribution < -0.4 is 4.74 Å². The van der Waals surface area contributed by atoms with E-state index in [9.17, 15) is 4.79 Å². The average molecular weight is 379 g/mol. The van der Waals surface area contributed by atoms with Crippen molar-refractivity contribution in [2.24, 2.45) is 0 Å². The van der Waals surface area contributed by atoms with Crippen molar-refractivity contribution < 1.29 is 14.3 Å². The zero-order chi connectivity index (χ0) is 19.1. The molecule has 27 heavy (non-hydrogen) atoms. The minimum atomic E-state index is -0.399. The average Bonchev–Trinajstić information content (AvgIpc) is 2.71. The van der Waals surface area contributed by atoms with Crippen molar-refractivity contribution in [1.29, 1.82) is 0 Å². The smallest absolute Gasteiger partial charge is 0.339 e. The highest BCUT2D eigenvalue weighted by molar-refractivity contribution is 6.30. The SMILES string of the molecule is COc1cccc(C=C(C(=O)OCc2cccc(Cl)c2)c2ccccc2)c1. The fourth-order valence-corrected chi connectivity index (χ4v) is 2.84. The molecule has 0 aliphatic heterocycles. The molecule has 0 aromatic heterocycles. The van der Waals surface area contributed by atoms with Gasteiger partial charge >= 0.3 is 5.97 Å². The van der Waals surface area contributed by atoms with Gasteiger partial charge in [0.1, 0.15) is 12.4 Å². The van der Waals surface area contributed by atoms with Crippen molar-refractivity contribution in [2.45, 2.75) is 6.61 Å². The van der Waals surface area contributed by atoms with Gasteiger partial charge in [0.05, 0.1) is 12.7 Å². The summed E-state index contributed by atoms with van der Waals surface area (Å²) >= 11 is 5.99. The van der Waals surface area contributed by atoms with E-state index < -0.39 is 5.97 Å². The Kier molecular flexibility index (Phi) is 6.29. The number of halogens is 1. The van der Waals surface area contributed by atoms with E-state index in [1.807, 2.05) is 66.7 Å². The number of carbonyl (C=O) groups is 1. The molecular weight excluding hydrogens is 360 g/mol. The number of rotatable bonds is 6. The molecule has 0 saturated carbocycles. The van der Waals surface area contributed by atoms with E-state index in [4.69, 9.17) is 21.1 Å². The zero-order valence-electron chi connectivity index (χ0n) is 14.9. The molecule has 3 rings (SSSR count). The minimum absolute atomic E-state index is 0.154. The molecule has 0 fully saturated rings. The number of ether oxygens (including phenoxy) is 2. The van der Waals surface area contributed by atoms with Crippen molar-refractivity contribution in [3.05, 3.63) is 101 Å². The summed E-state index contributed by atoms with van der Waals surface area (Å²) in [4.78, 5) is 12.8. The Morgan fingerprint density at radius 3 is 2.48 bits per heavy atom. The van der Waals surface area contributed by atoms with Crippen LogP contribution in [0, 0.1) is 0 Å². The van der Waals surface area contributed by atoms with Gasteiger partial charge < -0.3 is 9.47 Å². The lowest BCUT2D eigenvalue weighted by Gasteiger charge is -2.10.